The molecule has 1 aliphatic heterocycles. The van der Waals surface area contributed by atoms with Crippen molar-refractivity contribution < 1.29 is 14.7 Å². The largest absolute Gasteiger partial charge is 0.465 e. The number of aromatic nitrogens is 2. The van der Waals surface area contributed by atoms with Crippen LogP contribution in [0.25, 0.3) is 0 Å². The Morgan fingerprint density at radius 3 is 2.67 bits per heavy atom. The second-order valence-corrected chi connectivity index (χ2v) is 8.95. The molecular formula is C24H27N5O3S. The van der Waals surface area contributed by atoms with E-state index in [1.807, 2.05) is 47.8 Å². The monoisotopic (exact) mass is 465 g/mol. The van der Waals surface area contributed by atoms with Gasteiger partial charge in [0.1, 0.15) is 5.82 Å². The lowest BCUT2D eigenvalue weighted by Crippen LogP contribution is -2.42. The number of hydrogen-bond donors (Lipinski definition) is 2. The van der Waals surface area contributed by atoms with Gasteiger partial charge in [-0.25, -0.2) is 14.8 Å². The zero-order valence-corrected chi connectivity index (χ0v) is 19.2. The predicted octanol–water partition coefficient (Wildman–Crippen LogP) is 4.63. The van der Waals surface area contributed by atoms with Crippen LogP contribution in [0.2, 0.25) is 0 Å². The Labute approximate surface area is 196 Å². The fraction of sp³-hybridized carbons (Fsp3) is 0.333. The number of piperidine rings is 1. The van der Waals surface area contributed by atoms with Gasteiger partial charge in [-0.15, -0.1) is 11.3 Å². The van der Waals surface area contributed by atoms with E-state index in [-0.39, 0.29) is 17.9 Å². The van der Waals surface area contributed by atoms with Crippen LogP contribution in [0.4, 0.5) is 16.3 Å². The van der Waals surface area contributed by atoms with Gasteiger partial charge < -0.3 is 20.2 Å². The Morgan fingerprint density at radius 1 is 1.21 bits per heavy atom. The summed E-state index contributed by atoms with van der Waals surface area (Å²) in [5, 5.41) is 14.5. The Bertz CT molecular complexity index is 1060. The summed E-state index contributed by atoms with van der Waals surface area (Å²) in [6.07, 6.45) is 2.54. The number of carbonyl (C=O) groups is 2. The van der Waals surface area contributed by atoms with E-state index in [2.05, 4.69) is 20.2 Å². The highest BCUT2D eigenvalue weighted by Crippen LogP contribution is 2.37. The third kappa shape index (κ3) is 5.87. The third-order valence-corrected chi connectivity index (χ3v) is 6.49. The lowest BCUT2D eigenvalue weighted by molar-refractivity contribution is -0.114. The van der Waals surface area contributed by atoms with Gasteiger partial charge in [0, 0.05) is 37.3 Å². The first-order chi connectivity index (χ1) is 16.0. The number of hydrogen-bond acceptors (Lipinski definition) is 6. The number of amides is 2. The predicted molar refractivity (Wildman–Crippen MR) is 128 cm³/mol. The number of carboxylic acid groups (broad SMARTS) is 1. The maximum Gasteiger partial charge on any atom is 0.407 e. The molecule has 33 heavy (non-hydrogen) atoms. The van der Waals surface area contributed by atoms with Gasteiger partial charge in [0.2, 0.25) is 5.91 Å². The molecule has 9 heteroatoms. The molecule has 3 aromatic rings. The maximum atomic E-state index is 11.9. The first kappa shape index (κ1) is 22.7. The van der Waals surface area contributed by atoms with Crippen molar-refractivity contribution in [1.82, 2.24) is 14.9 Å². The fourth-order valence-corrected chi connectivity index (χ4v) is 4.89. The van der Waals surface area contributed by atoms with Gasteiger partial charge in [0.25, 0.3) is 0 Å². The molecule has 2 atom stereocenters. The molecule has 0 saturated carbocycles. The summed E-state index contributed by atoms with van der Waals surface area (Å²) >= 11 is 1.47. The van der Waals surface area contributed by atoms with Gasteiger partial charge in [0.15, 0.2) is 0 Å². The molecular weight excluding hydrogens is 438 g/mol. The van der Waals surface area contributed by atoms with Crippen molar-refractivity contribution in [1.29, 1.82) is 0 Å². The summed E-state index contributed by atoms with van der Waals surface area (Å²) in [5.74, 6) is 1.01. The van der Waals surface area contributed by atoms with Gasteiger partial charge >= 0.3 is 6.09 Å². The van der Waals surface area contributed by atoms with Gasteiger partial charge in [-0.2, -0.15) is 0 Å². The molecule has 1 saturated heterocycles. The summed E-state index contributed by atoms with van der Waals surface area (Å²) in [5.41, 5.74) is 4.36. The molecule has 2 N–H and O–H groups in total. The van der Waals surface area contributed by atoms with E-state index in [1.54, 1.807) is 11.7 Å². The van der Waals surface area contributed by atoms with Crippen molar-refractivity contribution in [3.8, 4) is 0 Å². The fourth-order valence-electron chi connectivity index (χ4n) is 4.34. The first-order valence-electron chi connectivity index (χ1n) is 10.9. The molecule has 2 aromatic heterocycles. The number of pyridine rings is 1. The van der Waals surface area contributed by atoms with Crippen molar-refractivity contribution in [2.24, 2.45) is 5.92 Å². The van der Waals surface area contributed by atoms with E-state index in [0.717, 1.165) is 42.1 Å². The van der Waals surface area contributed by atoms with E-state index in [1.165, 1.54) is 23.2 Å². The molecule has 0 radical (unpaired) electrons. The van der Waals surface area contributed by atoms with E-state index >= 15 is 0 Å². The van der Waals surface area contributed by atoms with Gasteiger partial charge in [-0.1, -0.05) is 18.2 Å². The molecule has 2 amide bonds. The Hall–Kier alpha value is -3.46. The number of nitrogens with one attached hydrogen (secondary N) is 1. The minimum Gasteiger partial charge on any atom is -0.465 e. The molecule has 172 valence electrons. The summed E-state index contributed by atoms with van der Waals surface area (Å²) in [4.78, 5) is 35.8. The van der Waals surface area contributed by atoms with Crippen molar-refractivity contribution in [3.05, 3.63) is 70.8 Å². The molecule has 3 heterocycles. The SMILES string of the molecule is CC(=O)Nc1ccc(C2CC(CN(Cc3cscn3)C(=O)O)CCN2c2ccccn2)cc1. The van der Waals surface area contributed by atoms with Crippen LogP contribution < -0.4 is 10.2 Å². The molecule has 0 spiro atoms. The summed E-state index contributed by atoms with van der Waals surface area (Å²) in [6.45, 7) is 3.03. The van der Waals surface area contributed by atoms with E-state index in [9.17, 15) is 14.7 Å². The van der Waals surface area contributed by atoms with Crippen molar-refractivity contribution in [3.63, 3.8) is 0 Å². The van der Waals surface area contributed by atoms with Crippen molar-refractivity contribution in [2.45, 2.75) is 32.4 Å². The normalized spacial score (nSPS) is 18.0. The molecule has 0 aliphatic carbocycles. The van der Waals surface area contributed by atoms with Crippen LogP contribution in [0.5, 0.6) is 0 Å². The Balaban J connectivity index is 1.54. The van der Waals surface area contributed by atoms with Crippen LogP contribution in [0, 0.1) is 5.92 Å². The highest BCUT2D eigenvalue weighted by Gasteiger charge is 2.32. The quantitative estimate of drug-likeness (QED) is 0.528. The van der Waals surface area contributed by atoms with Crippen LogP contribution in [-0.2, 0) is 11.3 Å². The van der Waals surface area contributed by atoms with Crippen molar-refractivity contribution >= 4 is 34.8 Å². The van der Waals surface area contributed by atoms with E-state index < -0.39 is 6.09 Å². The van der Waals surface area contributed by atoms with Crippen LogP contribution in [0.3, 0.4) is 0 Å². The summed E-state index contributed by atoms with van der Waals surface area (Å²) in [6, 6.07) is 13.8. The summed E-state index contributed by atoms with van der Waals surface area (Å²) < 4.78 is 0. The zero-order chi connectivity index (χ0) is 23.2. The average Bonchev–Trinajstić information content (AvgIpc) is 3.32. The van der Waals surface area contributed by atoms with Gasteiger partial charge in [-0.05, 0) is 48.6 Å². The molecule has 1 aromatic carbocycles. The molecule has 4 rings (SSSR count). The zero-order valence-electron chi connectivity index (χ0n) is 18.4. The first-order valence-corrected chi connectivity index (χ1v) is 11.8. The second kappa shape index (κ2) is 10.4. The lowest BCUT2D eigenvalue weighted by atomic mass is 9.86. The maximum absolute atomic E-state index is 11.9. The standard InChI is InChI=1S/C24H27N5O3S/c1-17(30)27-20-7-5-19(6-8-20)22-12-18(9-11-29(22)23-4-2-3-10-25-23)13-28(24(31)32)14-21-15-33-16-26-21/h2-8,10,15-16,18,22H,9,11-14H2,1H3,(H,27,30)(H,31,32). The van der Waals surface area contributed by atoms with Gasteiger partial charge in [-0.3, -0.25) is 4.79 Å². The Kier molecular flexibility index (Phi) is 7.19. The van der Waals surface area contributed by atoms with Crippen molar-refractivity contribution in [2.75, 3.05) is 23.3 Å². The number of thiazole rings is 1. The summed E-state index contributed by atoms with van der Waals surface area (Å²) in [7, 11) is 0. The van der Waals surface area contributed by atoms with Crippen LogP contribution in [0.15, 0.2) is 59.6 Å². The minimum absolute atomic E-state index is 0.0555. The number of benzene rings is 1. The van der Waals surface area contributed by atoms with Crippen LogP contribution in [-0.4, -0.2) is 45.1 Å². The number of rotatable bonds is 7. The van der Waals surface area contributed by atoms with E-state index in [0.29, 0.717) is 13.1 Å². The topological polar surface area (TPSA) is 98.7 Å². The van der Waals surface area contributed by atoms with E-state index in [4.69, 9.17) is 0 Å². The number of anilines is 2. The Morgan fingerprint density at radius 2 is 2.03 bits per heavy atom. The molecule has 8 nitrogen and oxygen atoms in total. The average molecular weight is 466 g/mol. The molecule has 1 aliphatic rings. The lowest BCUT2D eigenvalue weighted by Gasteiger charge is -2.41. The highest BCUT2D eigenvalue weighted by atomic mass is 32.1. The van der Waals surface area contributed by atoms with Gasteiger partial charge in [0.05, 0.1) is 23.8 Å². The van der Waals surface area contributed by atoms with Crippen LogP contribution in [0.1, 0.15) is 37.1 Å². The molecule has 0 bridgehead atoms. The number of nitrogens with zero attached hydrogens (tertiary/aromatic N) is 4. The second-order valence-electron chi connectivity index (χ2n) is 8.23. The highest BCUT2D eigenvalue weighted by molar-refractivity contribution is 7.07. The third-order valence-electron chi connectivity index (χ3n) is 5.86. The minimum atomic E-state index is -0.925. The smallest absolute Gasteiger partial charge is 0.407 e. The number of carbonyl (C=O) groups excluding carboxylic acids is 1. The molecule has 2 unspecified atom stereocenters. The molecule has 1 fully saturated rings. The van der Waals surface area contributed by atoms with Crippen LogP contribution >= 0.6 is 11.3 Å².